The van der Waals surface area contributed by atoms with Crippen LogP contribution in [-0.2, 0) is 0 Å². The number of hydrogen-bond acceptors (Lipinski definition) is 2. The van der Waals surface area contributed by atoms with Gasteiger partial charge in [0.25, 0.3) is 0 Å². The van der Waals surface area contributed by atoms with Gasteiger partial charge in [-0.05, 0) is 12.1 Å². The van der Waals surface area contributed by atoms with Crippen LogP contribution in [0.15, 0.2) is 48.5 Å². The molecule has 92 valence electrons. The van der Waals surface area contributed by atoms with Gasteiger partial charge in [-0.15, -0.1) is 0 Å². The minimum absolute atomic E-state index is 0.0258. The molecule has 2 N–H and O–H groups in total. The van der Waals surface area contributed by atoms with Gasteiger partial charge >= 0.3 is 0 Å². The number of aliphatic hydroxyl groups is 2. The van der Waals surface area contributed by atoms with E-state index in [1.807, 2.05) is 41.0 Å². The maximum Gasteiger partial charge on any atom is 0.133 e. The summed E-state index contributed by atoms with van der Waals surface area (Å²) in [6, 6.07) is 16.0. The molecule has 3 aromatic rings. The lowest BCUT2D eigenvalue weighted by Gasteiger charge is -2.14. The van der Waals surface area contributed by atoms with Crippen LogP contribution in [0.25, 0.3) is 21.8 Å². The lowest BCUT2D eigenvalue weighted by molar-refractivity contribution is 0.0805. The highest BCUT2D eigenvalue weighted by molar-refractivity contribution is 6.08. The molecular weight excluding hydrogens is 226 g/mol. The molecule has 0 radical (unpaired) electrons. The summed E-state index contributed by atoms with van der Waals surface area (Å²) in [5.41, 5.74) is 2.00. The summed E-state index contributed by atoms with van der Waals surface area (Å²) >= 11 is 0. The molecule has 1 heterocycles. The van der Waals surface area contributed by atoms with Gasteiger partial charge in [0.05, 0.1) is 11.0 Å². The average molecular weight is 241 g/mol. The van der Waals surface area contributed by atoms with Crippen molar-refractivity contribution in [1.82, 2.24) is 4.57 Å². The predicted molar refractivity (Wildman–Crippen MR) is 72.4 cm³/mol. The van der Waals surface area contributed by atoms with Crippen LogP contribution >= 0.6 is 0 Å². The molecule has 1 aromatic heterocycles. The number of aromatic nitrogens is 1. The molecule has 1 atom stereocenters. The lowest BCUT2D eigenvalue weighted by atomic mass is 10.2. The van der Waals surface area contributed by atoms with Crippen LogP contribution in [0.1, 0.15) is 12.6 Å². The molecular formula is C15H15NO2. The third-order valence-corrected chi connectivity index (χ3v) is 3.30. The van der Waals surface area contributed by atoms with Crippen molar-refractivity contribution in [3.63, 3.8) is 0 Å². The maximum absolute atomic E-state index is 10.2. The van der Waals surface area contributed by atoms with Crippen molar-refractivity contribution in [1.29, 1.82) is 0 Å². The van der Waals surface area contributed by atoms with Crippen LogP contribution in [-0.4, -0.2) is 21.4 Å². The molecule has 0 saturated heterocycles. The first-order valence-electron chi connectivity index (χ1n) is 6.09. The lowest BCUT2D eigenvalue weighted by Crippen LogP contribution is -2.09. The molecule has 2 aromatic carbocycles. The minimum atomic E-state index is -0.695. The summed E-state index contributed by atoms with van der Waals surface area (Å²) in [5.74, 6) is 0. The van der Waals surface area contributed by atoms with Crippen molar-refractivity contribution in [3.8, 4) is 0 Å². The number of aliphatic hydroxyl groups excluding tert-OH is 2. The first kappa shape index (κ1) is 11.3. The Kier molecular flexibility index (Phi) is 2.78. The van der Waals surface area contributed by atoms with Gasteiger partial charge in [0.1, 0.15) is 6.23 Å². The molecule has 18 heavy (non-hydrogen) atoms. The van der Waals surface area contributed by atoms with E-state index in [1.54, 1.807) is 0 Å². The van der Waals surface area contributed by atoms with Crippen LogP contribution in [0.3, 0.4) is 0 Å². The molecule has 0 fully saturated rings. The van der Waals surface area contributed by atoms with E-state index in [2.05, 4.69) is 12.1 Å². The number of rotatable bonds is 3. The molecule has 3 heteroatoms. The topological polar surface area (TPSA) is 45.4 Å². The zero-order valence-corrected chi connectivity index (χ0v) is 9.95. The normalized spacial score (nSPS) is 13.2. The summed E-state index contributed by atoms with van der Waals surface area (Å²) in [7, 11) is 0. The molecule has 0 saturated carbocycles. The largest absolute Gasteiger partial charge is 0.396 e. The highest BCUT2D eigenvalue weighted by Crippen LogP contribution is 2.31. The molecule has 0 amide bonds. The van der Waals surface area contributed by atoms with E-state index < -0.39 is 6.23 Å². The van der Waals surface area contributed by atoms with Gasteiger partial charge in [-0.3, -0.25) is 0 Å². The maximum atomic E-state index is 10.2. The summed E-state index contributed by atoms with van der Waals surface area (Å²) in [6.45, 7) is -0.0258. The zero-order chi connectivity index (χ0) is 12.5. The Morgan fingerprint density at radius 3 is 1.89 bits per heavy atom. The van der Waals surface area contributed by atoms with E-state index in [4.69, 9.17) is 5.11 Å². The Labute approximate surface area is 105 Å². The summed E-state index contributed by atoms with van der Waals surface area (Å²) in [4.78, 5) is 0. The van der Waals surface area contributed by atoms with Crippen LogP contribution < -0.4 is 0 Å². The van der Waals surface area contributed by atoms with Crippen molar-refractivity contribution in [2.75, 3.05) is 6.61 Å². The van der Waals surface area contributed by atoms with Gasteiger partial charge in [-0.1, -0.05) is 36.4 Å². The van der Waals surface area contributed by atoms with E-state index in [0.717, 1.165) is 21.8 Å². The highest BCUT2D eigenvalue weighted by Gasteiger charge is 2.14. The SMILES string of the molecule is OCC[C@@H](O)n1c2ccccc2c2ccccc21. The molecule has 0 unspecified atom stereocenters. The van der Waals surface area contributed by atoms with Gasteiger partial charge in [0.15, 0.2) is 0 Å². The van der Waals surface area contributed by atoms with Crippen molar-refractivity contribution < 1.29 is 10.2 Å². The second-order valence-electron chi connectivity index (χ2n) is 4.40. The van der Waals surface area contributed by atoms with Gasteiger partial charge < -0.3 is 14.8 Å². The standard InChI is InChI=1S/C15H15NO2/c17-10-9-15(18)16-13-7-3-1-5-11(13)12-6-2-4-8-14(12)16/h1-8,15,17-18H,9-10H2/t15-/m1/s1. The minimum Gasteiger partial charge on any atom is -0.396 e. The number of fused-ring (bicyclic) bond motifs is 3. The van der Waals surface area contributed by atoms with E-state index in [0.29, 0.717) is 6.42 Å². The van der Waals surface area contributed by atoms with Gasteiger partial charge in [-0.25, -0.2) is 0 Å². The first-order chi connectivity index (χ1) is 8.83. The Bertz CT molecular complexity index is 634. The molecule has 0 bridgehead atoms. The zero-order valence-electron chi connectivity index (χ0n) is 9.95. The quantitative estimate of drug-likeness (QED) is 0.740. The Morgan fingerprint density at radius 1 is 0.889 bits per heavy atom. The number of para-hydroxylation sites is 2. The van der Waals surface area contributed by atoms with Crippen LogP contribution in [0.5, 0.6) is 0 Å². The molecule has 0 aliphatic heterocycles. The van der Waals surface area contributed by atoms with Crippen molar-refractivity contribution in [2.45, 2.75) is 12.6 Å². The third-order valence-electron chi connectivity index (χ3n) is 3.30. The number of benzene rings is 2. The number of nitrogens with zero attached hydrogens (tertiary/aromatic N) is 1. The fraction of sp³-hybridized carbons (Fsp3) is 0.200. The van der Waals surface area contributed by atoms with Gasteiger partial charge in [-0.2, -0.15) is 0 Å². The molecule has 0 aliphatic rings. The molecule has 0 spiro atoms. The Balaban J connectivity index is 2.38. The first-order valence-corrected chi connectivity index (χ1v) is 6.09. The van der Waals surface area contributed by atoms with Crippen LogP contribution in [0.4, 0.5) is 0 Å². The fourth-order valence-electron chi connectivity index (χ4n) is 2.52. The second-order valence-corrected chi connectivity index (χ2v) is 4.40. The molecule has 3 rings (SSSR count). The van der Waals surface area contributed by atoms with Crippen molar-refractivity contribution >= 4 is 21.8 Å². The third kappa shape index (κ3) is 1.60. The summed E-state index contributed by atoms with van der Waals surface area (Å²) in [6.07, 6.45) is -0.359. The van der Waals surface area contributed by atoms with E-state index in [9.17, 15) is 5.11 Å². The highest BCUT2D eigenvalue weighted by atomic mass is 16.3. The smallest absolute Gasteiger partial charge is 0.133 e. The van der Waals surface area contributed by atoms with Crippen LogP contribution in [0.2, 0.25) is 0 Å². The van der Waals surface area contributed by atoms with E-state index in [-0.39, 0.29) is 6.61 Å². The summed E-state index contributed by atoms with van der Waals surface area (Å²) in [5, 5.41) is 21.5. The Hall–Kier alpha value is -1.84. The van der Waals surface area contributed by atoms with Crippen molar-refractivity contribution in [3.05, 3.63) is 48.5 Å². The second kappa shape index (κ2) is 4.44. The monoisotopic (exact) mass is 241 g/mol. The van der Waals surface area contributed by atoms with Crippen LogP contribution in [0, 0.1) is 0 Å². The van der Waals surface area contributed by atoms with E-state index >= 15 is 0 Å². The molecule has 0 aliphatic carbocycles. The average Bonchev–Trinajstić information content (AvgIpc) is 2.73. The Morgan fingerprint density at radius 2 is 1.39 bits per heavy atom. The molecule has 3 nitrogen and oxygen atoms in total. The predicted octanol–water partition coefficient (Wildman–Crippen LogP) is 2.67. The fourth-order valence-corrected chi connectivity index (χ4v) is 2.52. The number of hydrogen-bond donors (Lipinski definition) is 2. The van der Waals surface area contributed by atoms with Gasteiger partial charge in [0.2, 0.25) is 0 Å². The van der Waals surface area contributed by atoms with E-state index in [1.165, 1.54) is 0 Å². The van der Waals surface area contributed by atoms with Gasteiger partial charge in [0, 0.05) is 23.8 Å². The summed E-state index contributed by atoms with van der Waals surface area (Å²) < 4.78 is 1.89. The van der Waals surface area contributed by atoms with Crippen molar-refractivity contribution in [2.24, 2.45) is 0 Å².